The predicted octanol–water partition coefficient (Wildman–Crippen LogP) is 3.08. The number of benzene rings is 2. The van der Waals surface area contributed by atoms with E-state index in [0.29, 0.717) is 12.6 Å². The highest BCUT2D eigenvalue weighted by molar-refractivity contribution is 5.99. The molecule has 2 aromatic carbocycles. The lowest BCUT2D eigenvalue weighted by atomic mass is 10.1. The second-order valence-electron chi connectivity index (χ2n) is 8.18. The Morgan fingerprint density at radius 1 is 1.14 bits per heavy atom. The molecule has 0 fully saturated rings. The Kier molecular flexibility index (Phi) is 7.44. The van der Waals surface area contributed by atoms with Crippen LogP contribution in [0.5, 0.6) is 5.75 Å². The van der Waals surface area contributed by atoms with Gasteiger partial charge in [-0.2, -0.15) is 0 Å². The summed E-state index contributed by atoms with van der Waals surface area (Å²) in [5.74, 6) is -3.07. The van der Waals surface area contributed by atoms with Crippen molar-refractivity contribution in [2.24, 2.45) is 0 Å². The smallest absolute Gasteiger partial charge is 0.276 e. The summed E-state index contributed by atoms with van der Waals surface area (Å²) in [6, 6.07) is 12.1. The van der Waals surface area contributed by atoms with Gasteiger partial charge in [0, 0.05) is 38.0 Å². The first-order chi connectivity index (χ1) is 17.3. The first-order valence-corrected chi connectivity index (χ1v) is 11.3. The number of aromatic nitrogens is 1. The summed E-state index contributed by atoms with van der Waals surface area (Å²) in [5.41, 5.74) is -0.210. The Balaban J connectivity index is 1.71. The van der Waals surface area contributed by atoms with Gasteiger partial charge in [-0.3, -0.25) is 14.4 Å². The molecule has 1 aromatic heterocycles. The molecule has 0 spiro atoms. The molecule has 3 aromatic rings. The van der Waals surface area contributed by atoms with Crippen LogP contribution in [-0.2, 0) is 24.4 Å². The molecule has 36 heavy (non-hydrogen) atoms. The van der Waals surface area contributed by atoms with E-state index in [0.717, 1.165) is 11.6 Å². The van der Waals surface area contributed by atoms with E-state index in [-0.39, 0.29) is 42.3 Å². The SMILES string of the molecule is CCN1C(=O)c2c(OCc3ccccc3)c(=O)c(C(=O)NCc3ccc(F)cc3F)cn2CC1OC. The molecule has 1 N–H and O–H groups in total. The van der Waals surface area contributed by atoms with Crippen LogP contribution in [0.1, 0.15) is 38.9 Å². The quantitative estimate of drug-likeness (QED) is 0.517. The van der Waals surface area contributed by atoms with Crippen LogP contribution < -0.4 is 15.5 Å². The topological polar surface area (TPSA) is 89.9 Å². The molecule has 0 saturated heterocycles. The van der Waals surface area contributed by atoms with Gasteiger partial charge in [-0.05, 0) is 18.6 Å². The first-order valence-electron chi connectivity index (χ1n) is 11.3. The normalized spacial score (nSPS) is 14.9. The van der Waals surface area contributed by atoms with E-state index in [1.165, 1.54) is 28.8 Å². The number of fused-ring (bicyclic) bond motifs is 1. The average molecular weight is 497 g/mol. The summed E-state index contributed by atoms with van der Waals surface area (Å²) in [4.78, 5) is 41.1. The minimum absolute atomic E-state index is 0.00204. The number of methoxy groups -OCH3 is 1. The Hall–Kier alpha value is -4.05. The molecule has 2 amide bonds. The number of carbonyl (C=O) groups is 2. The van der Waals surface area contributed by atoms with Crippen LogP contribution in [0.25, 0.3) is 0 Å². The van der Waals surface area contributed by atoms with E-state index in [4.69, 9.17) is 9.47 Å². The number of amides is 2. The molecule has 4 rings (SSSR count). The first kappa shape index (κ1) is 25.1. The number of hydrogen-bond donors (Lipinski definition) is 1. The molecule has 10 heteroatoms. The maximum atomic E-state index is 14.0. The fourth-order valence-corrected chi connectivity index (χ4v) is 4.05. The number of ether oxygens (including phenoxy) is 2. The Morgan fingerprint density at radius 3 is 2.56 bits per heavy atom. The lowest BCUT2D eigenvalue weighted by Gasteiger charge is -2.36. The summed E-state index contributed by atoms with van der Waals surface area (Å²) in [7, 11) is 1.46. The number of rotatable bonds is 8. The lowest BCUT2D eigenvalue weighted by molar-refractivity contribution is -0.0374. The molecule has 1 unspecified atom stereocenters. The number of hydrogen-bond acceptors (Lipinski definition) is 5. The van der Waals surface area contributed by atoms with E-state index in [9.17, 15) is 23.2 Å². The lowest BCUT2D eigenvalue weighted by Crippen LogP contribution is -2.50. The molecule has 1 aliphatic heterocycles. The molecule has 0 saturated carbocycles. The predicted molar refractivity (Wildman–Crippen MR) is 127 cm³/mol. The van der Waals surface area contributed by atoms with Gasteiger partial charge in [-0.25, -0.2) is 8.78 Å². The van der Waals surface area contributed by atoms with Gasteiger partial charge in [0.05, 0.1) is 6.54 Å². The second kappa shape index (κ2) is 10.7. The zero-order chi connectivity index (χ0) is 25.8. The number of nitrogens with one attached hydrogen (secondary N) is 1. The van der Waals surface area contributed by atoms with Gasteiger partial charge in [-0.1, -0.05) is 36.4 Å². The highest BCUT2D eigenvalue weighted by Gasteiger charge is 2.36. The average Bonchev–Trinajstić information content (AvgIpc) is 2.87. The van der Waals surface area contributed by atoms with Gasteiger partial charge in [0.2, 0.25) is 5.43 Å². The number of halogens is 2. The summed E-state index contributed by atoms with van der Waals surface area (Å²) in [6.07, 6.45) is 0.670. The second-order valence-corrected chi connectivity index (χ2v) is 8.18. The van der Waals surface area contributed by atoms with Crippen LogP contribution in [0, 0.1) is 11.6 Å². The van der Waals surface area contributed by atoms with Crippen molar-refractivity contribution in [3.63, 3.8) is 0 Å². The molecular weight excluding hydrogens is 472 g/mol. The number of nitrogens with zero attached hydrogens (tertiary/aromatic N) is 2. The molecule has 1 atom stereocenters. The van der Waals surface area contributed by atoms with Gasteiger partial charge in [0.1, 0.15) is 30.0 Å². The van der Waals surface area contributed by atoms with Crippen LogP contribution in [0.2, 0.25) is 0 Å². The molecule has 0 aliphatic carbocycles. The van der Waals surface area contributed by atoms with Crippen molar-refractivity contribution >= 4 is 11.8 Å². The van der Waals surface area contributed by atoms with Crippen molar-refractivity contribution in [2.45, 2.75) is 32.8 Å². The van der Waals surface area contributed by atoms with E-state index < -0.39 is 35.1 Å². The van der Waals surface area contributed by atoms with E-state index in [1.807, 2.05) is 18.2 Å². The summed E-state index contributed by atoms with van der Waals surface area (Å²) in [6.45, 7) is 2.03. The van der Waals surface area contributed by atoms with Gasteiger partial charge in [0.15, 0.2) is 11.4 Å². The van der Waals surface area contributed by atoms with Gasteiger partial charge in [0.25, 0.3) is 11.8 Å². The summed E-state index contributed by atoms with van der Waals surface area (Å²) >= 11 is 0. The minimum atomic E-state index is -0.822. The fraction of sp³-hybridized carbons (Fsp3) is 0.269. The van der Waals surface area contributed by atoms with Crippen molar-refractivity contribution in [3.8, 4) is 5.75 Å². The third-order valence-electron chi connectivity index (χ3n) is 5.94. The maximum absolute atomic E-state index is 14.0. The minimum Gasteiger partial charge on any atom is -0.483 e. The van der Waals surface area contributed by atoms with Crippen molar-refractivity contribution < 1.29 is 27.8 Å². The van der Waals surface area contributed by atoms with Gasteiger partial charge >= 0.3 is 0 Å². The zero-order valence-electron chi connectivity index (χ0n) is 19.8. The number of pyridine rings is 1. The molecule has 0 radical (unpaired) electrons. The van der Waals surface area contributed by atoms with Crippen LogP contribution in [0.4, 0.5) is 8.78 Å². The molecule has 8 nitrogen and oxygen atoms in total. The standard InChI is InChI=1S/C26H25F2N3O5/c1-3-31-21(35-2)14-30-13-19(25(33)29-12-17-9-10-18(27)11-20(17)28)23(32)24(22(30)26(31)34)36-15-16-7-5-4-6-8-16/h4-11,13,21H,3,12,14-15H2,1-2H3,(H,29,33). The van der Waals surface area contributed by atoms with Crippen LogP contribution >= 0.6 is 0 Å². The zero-order valence-corrected chi connectivity index (χ0v) is 19.8. The molecule has 188 valence electrons. The highest BCUT2D eigenvalue weighted by Crippen LogP contribution is 2.25. The van der Waals surface area contributed by atoms with E-state index in [1.54, 1.807) is 19.1 Å². The van der Waals surface area contributed by atoms with Gasteiger partial charge < -0.3 is 24.3 Å². The van der Waals surface area contributed by atoms with E-state index >= 15 is 0 Å². The van der Waals surface area contributed by atoms with Crippen LogP contribution in [0.15, 0.2) is 59.5 Å². The fourth-order valence-electron chi connectivity index (χ4n) is 4.05. The molecular formula is C26H25F2N3O5. The van der Waals surface area contributed by atoms with E-state index in [2.05, 4.69) is 5.32 Å². The summed E-state index contributed by atoms with van der Waals surface area (Å²) < 4.78 is 39.9. The molecule has 2 heterocycles. The third kappa shape index (κ3) is 4.99. The van der Waals surface area contributed by atoms with Crippen molar-refractivity contribution in [2.75, 3.05) is 13.7 Å². The Bertz CT molecular complexity index is 1340. The molecule has 1 aliphatic rings. The third-order valence-corrected chi connectivity index (χ3v) is 5.94. The molecule has 0 bridgehead atoms. The monoisotopic (exact) mass is 497 g/mol. The van der Waals surface area contributed by atoms with Crippen molar-refractivity contribution in [1.29, 1.82) is 0 Å². The number of likely N-dealkylation sites (N-methyl/N-ethyl adjacent to an activating group) is 1. The Morgan fingerprint density at radius 2 is 1.89 bits per heavy atom. The highest BCUT2D eigenvalue weighted by atomic mass is 19.1. The van der Waals surface area contributed by atoms with Crippen molar-refractivity contribution in [1.82, 2.24) is 14.8 Å². The van der Waals surface area contributed by atoms with Gasteiger partial charge in [-0.15, -0.1) is 0 Å². The number of carbonyl (C=O) groups excluding carboxylic acids is 2. The van der Waals surface area contributed by atoms with Crippen molar-refractivity contribution in [3.05, 3.63) is 99.0 Å². The van der Waals surface area contributed by atoms with Crippen LogP contribution in [0.3, 0.4) is 0 Å². The summed E-state index contributed by atoms with van der Waals surface area (Å²) in [5, 5.41) is 2.48. The maximum Gasteiger partial charge on any atom is 0.276 e. The largest absolute Gasteiger partial charge is 0.483 e. The Labute approximate surface area is 206 Å². The van der Waals surface area contributed by atoms with Crippen LogP contribution in [-0.4, -0.2) is 41.2 Å².